The van der Waals surface area contributed by atoms with Gasteiger partial charge in [-0.1, -0.05) is 42.3 Å². The van der Waals surface area contributed by atoms with Gasteiger partial charge in [0.1, 0.15) is 17.2 Å². The van der Waals surface area contributed by atoms with E-state index in [1.165, 1.54) is 17.7 Å². The first kappa shape index (κ1) is 35.3. The maximum atomic E-state index is 13.7. The molecule has 1 heterocycles. The van der Waals surface area contributed by atoms with Crippen LogP contribution >= 0.6 is 24.6 Å². The van der Waals surface area contributed by atoms with Gasteiger partial charge in [0, 0.05) is 30.3 Å². The van der Waals surface area contributed by atoms with E-state index in [9.17, 15) is 19.1 Å². The van der Waals surface area contributed by atoms with Crippen molar-refractivity contribution in [1.29, 1.82) is 0 Å². The van der Waals surface area contributed by atoms with Gasteiger partial charge in [-0.2, -0.15) is 12.6 Å². The predicted octanol–water partition coefficient (Wildman–Crippen LogP) is 8.19. The average molecular weight is 691 g/mol. The summed E-state index contributed by atoms with van der Waals surface area (Å²) >= 11 is 5.13. The standard InChI is InChI=1S/C36H35FN2O6S.CH4S/c1-38-35(40)33-30-19-29(22-7-8-22)31(20-32(30)45-34(33)23-9-12-25(37)13-10-23)39(46-2)15-16-43-17-18-44-21-24-11-14-28(36(41)42)27-6-4-3-5-26(24)27;1-2/h3-6,9-14,19-20,22H,7-8,15-18,21H2,1-2H3,(H,38,40)(H,41,42);2H,1H3. The van der Waals surface area contributed by atoms with E-state index in [1.807, 2.05) is 36.6 Å². The van der Waals surface area contributed by atoms with Gasteiger partial charge in [0.05, 0.1) is 49.8 Å². The van der Waals surface area contributed by atoms with Crippen LogP contribution in [0.4, 0.5) is 10.1 Å². The maximum Gasteiger partial charge on any atom is 0.336 e. The van der Waals surface area contributed by atoms with Gasteiger partial charge in [0.15, 0.2) is 0 Å². The van der Waals surface area contributed by atoms with E-state index < -0.39 is 5.97 Å². The molecule has 1 aliphatic rings. The zero-order valence-electron chi connectivity index (χ0n) is 27.1. The second-order valence-electron chi connectivity index (χ2n) is 11.1. The lowest BCUT2D eigenvalue weighted by atomic mass is 10.00. The number of benzene rings is 4. The number of hydrogen-bond acceptors (Lipinski definition) is 8. The summed E-state index contributed by atoms with van der Waals surface area (Å²) in [4.78, 5) is 24.6. The Hall–Kier alpha value is -4.03. The van der Waals surface area contributed by atoms with Crippen LogP contribution in [0.5, 0.6) is 0 Å². The monoisotopic (exact) mass is 690 g/mol. The summed E-state index contributed by atoms with van der Waals surface area (Å²) in [5.74, 6) is -0.739. The van der Waals surface area contributed by atoms with Crippen LogP contribution in [0.3, 0.4) is 0 Å². The summed E-state index contributed by atoms with van der Waals surface area (Å²) < 4.78 is 34.0. The molecule has 1 aromatic heterocycles. The summed E-state index contributed by atoms with van der Waals surface area (Å²) in [5, 5.41) is 14.5. The van der Waals surface area contributed by atoms with Crippen LogP contribution in [0.2, 0.25) is 0 Å². The number of fused-ring (bicyclic) bond motifs is 2. The van der Waals surface area contributed by atoms with Gasteiger partial charge in [-0.15, -0.1) is 0 Å². The van der Waals surface area contributed by atoms with Crippen LogP contribution < -0.4 is 9.62 Å². The number of halogens is 1. The second-order valence-corrected chi connectivity index (χ2v) is 12.0. The summed E-state index contributed by atoms with van der Waals surface area (Å²) in [5.41, 5.74) is 5.07. The van der Waals surface area contributed by atoms with Gasteiger partial charge in [0.2, 0.25) is 0 Å². The molecule has 0 atom stereocenters. The van der Waals surface area contributed by atoms with E-state index in [2.05, 4.69) is 28.3 Å². The fourth-order valence-electron chi connectivity index (χ4n) is 5.77. The number of rotatable bonds is 14. The highest BCUT2D eigenvalue weighted by molar-refractivity contribution is 7.99. The average Bonchev–Trinajstić information content (AvgIpc) is 3.90. The number of carboxylic acids is 1. The number of nitrogens with zero attached hydrogens (tertiary/aromatic N) is 1. The molecule has 0 spiro atoms. The third-order valence-electron chi connectivity index (χ3n) is 8.22. The predicted molar refractivity (Wildman–Crippen MR) is 194 cm³/mol. The van der Waals surface area contributed by atoms with E-state index in [0.29, 0.717) is 66.7 Å². The minimum Gasteiger partial charge on any atom is -0.478 e. The number of carbonyl (C=O) groups excluding carboxylic acids is 1. The maximum absolute atomic E-state index is 13.7. The number of furan rings is 1. The Morgan fingerprint density at radius 2 is 1.69 bits per heavy atom. The Morgan fingerprint density at radius 3 is 2.35 bits per heavy atom. The Kier molecular flexibility index (Phi) is 12.0. The van der Waals surface area contributed by atoms with Gasteiger partial charge in [-0.05, 0) is 83.3 Å². The lowest BCUT2D eigenvalue weighted by Crippen LogP contribution is -2.22. The molecule has 11 heteroatoms. The number of carbonyl (C=O) groups is 2. The smallest absolute Gasteiger partial charge is 0.336 e. The fourth-order valence-corrected chi connectivity index (χ4v) is 6.39. The number of aromatic carboxylic acids is 1. The lowest BCUT2D eigenvalue weighted by Gasteiger charge is -2.24. The van der Waals surface area contributed by atoms with Crippen molar-refractivity contribution < 1.29 is 33.0 Å². The van der Waals surface area contributed by atoms with Crippen molar-refractivity contribution in [2.24, 2.45) is 0 Å². The van der Waals surface area contributed by atoms with Gasteiger partial charge in [-0.25, -0.2) is 9.18 Å². The first-order chi connectivity index (χ1) is 23.4. The highest BCUT2D eigenvalue weighted by Crippen LogP contribution is 2.48. The molecule has 0 aliphatic heterocycles. The Bertz CT molecular complexity index is 1890. The van der Waals surface area contributed by atoms with Gasteiger partial charge in [0.25, 0.3) is 5.91 Å². The molecule has 4 aromatic carbocycles. The molecule has 6 rings (SSSR count). The van der Waals surface area contributed by atoms with Crippen LogP contribution in [0.1, 0.15) is 50.6 Å². The van der Waals surface area contributed by atoms with Crippen molar-refractivity contribution in [3.05, 3.63) is 101 Å². The minimum absolute atomic E-state index is 0.254. The quantitative estimate of drug-likeness (QED) is 0.0610. The van der Waals surface area contributed by atoms with Crippen LogP contribution in [0, 0.1) is 5.82 Å². The molecule has 1 amide bonds. The number of ether oxygens (including phenoxy) is 2. The van der Waals surface area contributed by atoms with Crippen LogP contribution in [-0.2, 0) is 16.1 Å². The molecule has 0 radical (unpaired) electrons. The van der Waals surface area contributed by atoms with Gasteiger partial charge >= 0.3 is 5.97 Å². The number of hydrogen-bond donors (Lipinski definition) is 3. The van der Waals surface area contributed by atoms with E-state index in [-0.39, 0.29) is 17.3 Å². The molecule has 0 saturated heterocycles. The van der Waals surface area contributed by atoms with E-state index in [1.54, 1.807) is 49.5 Å². The summed E-state index contributed by atoms with van der Waals surface area (Å²) in [6.45, 7) is 2.27. The highest BCUT2D eigenvalue weighted by Gasteiger charge is 2.31. The summed E-state index contributed by atoms with van der Waals surface area (Å²) in [6, 6.07) is 20.9. The molecule has 0 unspecified atom stereocenters. The third kappa shape index (κ3) is 7.81. The van der Waals surface area contributed by atoms with Crippen molar-refractivity contribution in [3.8, 4) is 11.3 Å². The van der Waals surface area contributed by atoms with E-state index >= 15 is 0 Å². The van der Waals surface area contributed by atoms with Crippen LogP contribution in [0.15, 0.2) is 77.2 Å². The number of carboxylic acid groups (broad SMARTS) is 1. The zero-order chi connectivity index (χ0) is 34.2. The molecular weight excluding hydrogens is 652 g/mol. The first-order valence-electron chi connectivity index (χ1n) is 15.6. The highest BCUT2D eigenvalue weighted by atomic mass is 32.2. The molecule has 48 heavy (non-hydrogen) atoms. The number of anilines is 1. The normalized spacial score (nSPS) is 12.5. The van der Waals surface area contributed by atoms with Crippen LogP contribution in [-0.4, -0.2) is 62.9 Å². The first-order valence-corrected chi connectivity index (χ1v) is 17.7. The van der Waals surface area contributed by atoms with E-state index in [4.69, 9.17) is 13.9 Å². The molecule has 8 nitrogen and oxygen atoms in total. The van der Waals surface area contributed by atoms with Crippen molar-refractivity contribution in [1.82, 2.24) is 5.32 Å². The molecule has 1 saturated carbocycles. The summed E-state index contributed by atoms with van der Waals surface area (Å²) in [7, 11) is 1.59. The largest absolute Gasteiger partial charge is 0.478 e. The topological polar surface area (TPSA) is 101 Å². The summed E-state index contributed by atoms with van der Waals surface area (Å²) in [6.07, 6.45) is 5.88. The van der Waals surface area contributed by atoms with Gasteiger partial charge in [-0.3, -0.25) is 4.79 Å². The minimum atomic E-state index is -0.951. The van der Waals surface area contributed by atoms with Gasteiger partial charge < -0.3 is 28.6 Å². The number of nitrogens with one attached hydrogen (secondary N) is 1. The lowest BCUT2D eigenvalue weighted by molar-refractivity contribution is 0.0440. The van der Waals surface area contributed by atoms with Crippen molar-refractivity contribution >= 4 is 63.9 Å². The zero-order valence-corrected chi connectivity index (χ0v) is 28.8. The molecule has 5 aromatic rings. The number of thiol groups is 1. The molecule has 1 aliphatic carbocycles. The second kappa shape index (κ2) is 16.4. The fraction of sp³-hybridized carbons (Fsp3) is 0.297. The molecule has 1 fully saturated rings. The molecule has 0 bridgehead atoms. The number of amides is 1. The Balaban J connectivity index is 0.00000221. The van der Waals surface area contributed by atoms with Crippen molar-refractivity contribution in [2.75, 3.05) is 50.2 Å². The van der Waals surface area contributed by atoms with Crippen LogP contribution in [0.25, 0.3) is 33.1 Å². The Labute approximate surface area is 289 Å². The third-order valence-corrected chi connectivity index (χ3v) is 9.04. The molecule has 2 N–H and O–H groups in total. The molecule has 252 valence electrons. The molecular formula is C37H39FN2O6S2. The van der Waals surface area contributed by atoms with E-state index in [0.717, 1.165) is 34.9 Å². The Morgan fingerprint density at radius 1 is 0.979 bits per heavy atom. The SMILES string of the molecule is CNC(=O)c1c(-c2ccc(F)cc2)oc2cc(N(CCOCCOCc3ccc(C(=O)O)c4ccccc34)SC)c(C3CC3)cc12.CS. The van der Waals surface area contributed by atoms with Crippen molar-refractivity contribution in [2.45, 2.75) is 25.4 Å². The van der Waals surface area contributed by atoms with Crippen molar-refractivity contribution in [3.63, 3.8) is 0 Å².